The minimum absolute atomic E-state index is 0.247. The molecule has 33 heavy (non-hydrogen) atoms. The SMILES string of the molecule is C/C=C(\C)c1cnc(NC(=O)c2ccc(C3=CCNCC3)c(F)c2)cn1.CC.c1cn[nH]c1. The summed E-state index contributed by atoms with van der Waals surface area (Å²) in [6.45, 7) is 9.42. The van der Waals surface area contributed by atoms with Gasteiger partial charge < -0.3 is 10.6 Å². The minimum atomic E-state index is -0.417. The Hall–Kier alpha value is -3.65. The molecule has 0 unspecified atom stereocenters. The third-order valence-electron chi connectivity index (χ3n) is 4.78. The van der Waals surface area contributed by atoms with E-state index in [0.29, 0.717) is 11.4 Å². The van der Waals surface area contributed by atoms with E-state index in [-0.39, 0.29) is 5.56 Å². The Labute approximate surface area is 194 Å². The summed E-state index contributed by atoms with van der Waals surface area (Å²) in [5.74, 6) is -0.483. The van der Waals surface area contributed by atoms with Crippen molar-refractivity contribution in [2.45, 2.75) is 34.1 Å². The van der Waals surface area contributed by atoms with Gasteiger partial charge in [0.2, 0.25) is 0 Å². The van der Waals surface area contributed by atoms with Crippen LogP contribution >= 0.6 is 0 Å². The zero-order valence-electron chi connectivity index (χ0n) is 19.5. The number of hydrogen-bond acceptors (Lipinski definition) is 5. The first-order valence-corrected chi connectivity index (χ1v) is 11.0. The van der Waals surface area contributed by atoms with Crippen LogP contribution in [-0.2, 0) is 0 Å². The van der Waals surface area contributed by atoms with Crippen LogP contribution in [0.2, 0.25) is 0 Å². The second kappa shape index (κ2) is 13.7. The van der Waals surface area contributed by atoms with Crippen molar-refractivity contribution in [3.8, 4) is 0 Å². The Bertz CT molecular complexity index is 1040. The summed E-state index contributed by atoms with van der Waals surface area (Å²) in [4.78, 5) is 20.8. The minimum Gasteiger partial charge on any atom is -0.313 e. The molecule has 0 saturated carbocycles. The molecule has 0 spiro atoms. The molecule has 0 fully saturated rings. The predicted octanol–water partition coefficient (Wildman–Crippen LogP) is 5.10. The number of halogens is 1. The molecule has 7 nitrogen and oxygen atoms in total. The van der Waals surface area contributed by atoms with E-state index in [9.17, 15) is 9.18 Å². The van der Waals surface area contributed by atoms with Crippen LogP contribution in [0.25, 0.3) is 11.1 Å². The van der Waals surface area contributed by atoms with Crippen LogP contribution in [0.4, 0.5) is 10.2 Å². The first kappa shape index (κ1) is 25.6. The fourth-order valence-corrected chi connectivity index (χ4v) is 2.93. The van der Waals surface area contributed by atoms with Crippen molar-refractivity contribution in [2.24, 2.45) is 0 Å². The maximum absolute atomic E-state index is 14.4. The normalized spacial score (nSPS) is 13.0. The van der Waals surface area contributed by atoms with Gasteiger partial charge in [0.1, 0.15) is 5.82 Å². The lowest BCUT2D eigenvalue weighted by Gasteiger charge is -2.15. The highest BCUT2D eigenvalue weighted by molar-refractivity contribution is 6.03. The lowest BCUT2D eigenvalue weighted by atomic mass is 9.98. The van der Waals surface area contributed by atoms with Crippen molar-refractivity contribution < 1.29 is 9.18 Å². The van der Waals surface area contributed by atoms with E-state index in [1.807, 2.05) is 45.9 Å². The topological polar surface area (TPSA) is 95.6 Å². The predicted molar refractivity (Wildman–Crippen MR) is 131 cm³/mol. The van der Waals surface area contributed by atoms with Gasteiger partial charge in [-0.15, -0.1) is 0 Å². The van der Waals surface area contributed by atoms with Gasteiger partial charge in [-0.25, -0.2) is 9.37 Å². The number of carbonyl (C=O) groups is 1. The summed E-state index contributed by atoms with van der Waals surface area (Å²) in [5.41, 5.74) is 3.51. The van der Waals surface area contributed by atoms with Crippen LogP contribution in [0.3, 0.4) is 0 Å². The van der Waals surface area contributed by atoms with Crippen LogP contribution in [0.5, 0.6) is 0 Å². The highest BCUT2D eigenvalue weighted by atomic mass is 19.1. The molecule has 3 aromatic rings. The van der Waals surface area contributed by atoms with E-state index in [4.69, 9.17) is 0 Å². The quantitative estimate of drug-likeness (QED) is 0.514. The Morgan fingerprint density at radius 2 is 2.03 bits per heavy atom. The number of carbonyl (C=O) groups excluding carboxylic acids is 1. The monoisotopic (exact) mass is 450 g/mol. The third-order valence-corrected chi connectivity index (χ3v) is 4.78. The maximum atomic E-state index is 14.4. The number of H-pyrrole nitrogens is 1. The van der Waals surface area contributed by atoms with Crippen molar-refractivity contribution in [3.63, 3.8) is 0 Å². The number of rotatable bonds is 4. The number of amides is 1. The fraction of sp³-hybridized carbons (Fsp3) is 0.280. The van der Waals surface area contributed by atoms with Gasteiger partial charge in [-0.05, 0) is 56.2 Å². The van der Waals surface area contributed by atoms with E-state index in [1.54, 1.807) is 30.7 Å². The number of allylic oxidation sites excluding steroid dienone is 2. The van der Waals surface area contributed by atoms with Gasteiger partial charge >= 0.3 is 0 Å². The van der Waals surface area contributed by atoms with Crippen molar-refractivity contribution in [3.05, 3.63) is 83.8 Å². The Balaban J connectivity index is 0.000000477. The molecule has 0 saturated heterocycles. The van der Waals surface area contributed by atoms with Gasteiger partial charge in [-0.3, -0.25) is 14.9 Å². The number of anilines is 1. The van der Waals surface area contributed by atoms with Crippen molar-refractivity contribution in [1.29, 1.82) is 0 Å². The third kappa shape index (κ3) is 7.76. The smallest absolute Gasteiger partial charge is 0.256 e. The average molecular weight is 451 g/mol. The highest BCUT2D eigenvalue weighted by Gasteiger charge is 2.14. The standard InChI is InChI=1S/C20H21FN4O.C3H4N2.C2H6/c1-3-13(2)18-11-24-19(12-23-18)25-20(26)15-4-5-16(17(21)10-15)14-6-8-22-9-7-14;1-2-4-5-3-1;1-2/h3-6,10-12,22H,7-9H2,1-2H3,(H,24,25,26);1-3H,(H,4,5);1-2H3/b13-3+;;. The summed E-state index contributed by atoms with van der Waals surface area (Å²) >= 11 is 0. The Kier molecular flexibility index (Phi) is 10.6. The van der Waals surface area contributed by atoms with E-state index >= 15 is 0 Å². The van der Waals surface area contributed by atoms with Crippen molar-refractivity contribution in [2.75, 3.05) is 18.4 Å². The number of nitrogens with zero attached hydrogens (tertiary/aromatic N) is 3. The lowest BCUT2D eigenvalue weighted by molar-refractivity contribution is 0.102. The summed E-state index contributed by atoms with van der Waals surface area (Å²) in [5, 5.41) is 12.0. The molecule has 1 amide bonds. The Morgan fingerprint density at radius 1 is 1.21 bits per heavy atom. The zero-order chi connectivity index (χ0) is 24.1. The molecular weight excluding hydrogens is 419 g/mol. The molecular formula is C25H31FN6O. The maximum Gasteiger partial charge on any atom is 0.256 e. The van der Waals surface area contributed by atoms with E-state index < -0.39 is 11.7 Å². The molecule has 1 aromatic carbocycles. The van der Waals surface area contributed by atoms with Crippen LogP contribution in [-0.4, -0.2) is 39.2 Å². The molecule has 3 N–H and O–H groups in total. The molecule has 0 radical (unpaired) electrons. The summed E-state index contributed by atoms with van der Waals surface area (Å²) in [7, 11) is 0. The van der Waals surface area contributed by atoms with E-state index in [1.165, 1.54) is 12.3 Å². The van der Waals surface area contributed by atoms with Gasteiger partial charge in [0.15, 0.2) is 5.82 Å². The van der Waals surface area contributed by atoms with Crippen molar-refractivity contribution in [1.82, 2.24) is 25.5 Å². The molecule has 0 bridgehead atoms. The fourth-order valence-electron chi connectivity index (χ4n) is 2.93. The number of benzene rings is 1. The largest absolute Gasteiger partial charge is 0.313 e. The molecule has 0 atom stereocenters. The molecule has 2 aromatic heterocycles. The molecule has 0 aliphatic carbocycles. The first-order chi connectivity index (χ1) is 16.1. The summed E-state index contributed by atoms with van der Waals surface area (Å²) in [6.07, 6.45) is 11.2. The number of nitrogens with one attached hydrogen (secondary N) is 3. The molecule has 174 valence electrons. The summed E-state index contributed by atoms with van der Waals surface area (Å²) in [6, 6.07) is 6.38. The van der Waals surface area contributed by atoms with Gasteiger partial charge in [-0.2, -0.15) is 5.10 Å². The van der Waals surface area contributed by atoms with Crippen LogP contribution in [0.1, 0.15) is 55.7 Å². The van der Waals surface area contributed by atoms with Crippen LogP contribution < -0.4 is 10.6 Å². The van der Waals surface area contributed by atoms with E-state index in [2.05, 4.69) is 30.8 Å². The Morgan fingerprint density at radius 3 is 2.55 bits per heavy atom. The lowest BCUT2D eigenvalue weighted by Crippen LogP contribution is -2.20. The van der Waals surface area contributed by atoms with Gasteiger partial charge in [0, 0.05) is 30.1 Å². The van der Waals surface area contributed by atoms with Crippen LogP contribution in [0.15, 0.2) is 61.2 Å². The average Bonchev–Trinajstić information content (AvgIpc) is 3.46. The molecule has 4 rings (SSSR count). The zero-order valence-corrected chi connectivity index (χ0v) is 19.5. The number of aromatic amines is 1. The molecule has 8 heteroatoms. The number of aromatic nitrogens is 4. The highest BCUT2D eigenvalue weighted by Crippen LogP contribution is 2.23. The first-order valence-electron chi connectivity index (χ1n) is 11.0. The second-order valence-electron chi connectivity index (χ2n) is 6.86. The van der Waals surface area contributed by atoms with Crippen LogP contribution in [0, 0.1) is 5.82 Å². The van der Waals surface area contributed by atoms with E-state index in [0.717, 1.165) is 36.4 Å². The number of hydrogen-bond donors (Lipinski definition) is 3. The van der Waals surface area contributed by atoms with Crippen molar-refractivity contribution >= 4 is 22.9 Å². The summed E-state index contributed by atoms with van der Waals surface area (Å²) < 4.78 is 14.4. The van der Waals surface area contributed by atoms with Gasteiger partial charge in [0.25, 0.3) is 5.91 Å². The second-order valence-corrected chi connectivity index (χ2v) is 6.86. The van der Waals surface area contributed by atoms with Gasteiger partial charge in [-0.1, -0.05) is 32.1 Å². The molecule has 1 aliphatic heterocycles. The molecule has 3 heterocycles. The molecule has 1 aliphatic rings. The van der Waals surface area contributed by atoms with Gasteiger partial charge in [0.05, 0.1) is 18.1 Å².